The zero-order valence-electron chi connectivity index (χ0n) is 38.5. The minimum atomic E-state index is -0.0335. The van der Waals surface area contributed by atoms with Gasteiger partial charge in [0.1, 0.15) is 0 Å². The van der Waals surface area contributed by atoms with Gasteiger partial charge in [0.15, 0.2) is 11.6 Å². The maximum absolute atomic E-state index is 12.1. The molecule has 0 bridgehead atoms. The van der Waals surface area contributed by atoms with Gasteiger partial charge < -0.3 is 30.3 Å². The average Bonchev–Trinajstić information content (AvgIpc) is 3.37. The van der Waals surface area contributed by atoms with Crippen LogP contribution in [0.5, 0.6) is 0 Å². The van der Waals surface area contributed by atoms with Crippen molar-refractivity contribution in [3.05, 3.63) is 138 Å². The Bertz CT molecular complexity index is 2770. The van der Waals surface area contributed by atoms with Crippen LogP contribution in [0, 0.1) is 22.7 Å². The van der Waals surface area contributed by atoms with E-state index in [0.29, 0.717) is 22.8 Å². The van der Waals surface area contributed by atoms with Crippen molar-refractivity contribution in [1.82, 2.24) is 19.9 Å². The Morgan fingerprint density at radius 3 is 1.55 bits per heavy atom. The molecular formula is C54H55ClN10O4. The summed E-state index contributed by atoms with van der Waals surface area (Å²) in [5, 5.41) is 20.6. The van der Waals surface area contributed by atoms with E-state index in [0.717, 1.165) is 86.9 Å². The molecule has 0 radical (unpaired) electrons. The lowest BCUT2D eigenvalue weighted by Crippen LogP contribution is -2.56. The largest absolute Gasteiger partial charge is 0.399 e. The molecule has 4 aliphatic heterocycles. The number of rotatable bonds is 12. The fraction of sp³-hybridized carbons (Fsp3) is 0.333. The number of carbonyl (C=O) groups excluding carboxylic acids is 2. The molecule has 0 saturated carbocycles. The first kappa shape index (κ1) is 48.2. The number of Topliss-reactive ketones (excluding diaryl/α,β-unsaturated/α-hetero) is 2. The van der Waals surface area contributed by atoms with Crippen LogP contribution in [0.2, 0.25) is 5.28 Å². The van der Waals surface area contributed by atoms with E-state index in [2.05, 4.69) is 71.5 Å². The normalized spacial score (nSPS) is 19.0. The second-order valence-electron chi connectivity index (χ2n) is 17.7. The van der Waals surface area contributed by atoms with Gasteiger partial charge in [-0.1, -0.05) is 48.5 Å². The Morgan fingerprint density at radius 2 is 1.10 bits per heavy atom. The molecule has 2 aromatic heterocycles. The van der Waals surface area contributed by atoms with Crippen LogP contribution in [0.15, 0.2) is 122 Å². The van der Waals surface area contributed by atoms with Gasteiger partial charge in [0, 0.05) is 122 Å². The molecular weight excluding hydrogens is 888 g/mol. The van der Waals surface area contributed by atoms with Crippen LogP contribution in [-0.4, -0.2) is 82.1 Å². The molecule has 15 heteroatoms. The maximum atomic E-state index is 12.1. The molecule has 2 atom stereocenters. The molecule has 352 valence electrons. The predicted molar refractivity (Wildman–Crippen MR) is 268 cm³/mol. The summed E-state index contributed by atoms with van der Waals surface area (Å²) in [5.74, 6) is 0.453. The smallest absolute Gasteiger partial charge is 0.227 e. The summed E-state index contributed by atoms with van der Waals surface area (Å²) in [4.78, 5) is 45.5. The van der Waals surface area contributed by atoms with Gasteiger partial charge in [-0.15, -0.1) is 0 Å². The SMILES string of the molecule is N#CCCC(=O)c1ccc(-c2ccnc(Cl)n2)cc1.N#CCCC(=O)c1ccc(-c2ccnc(Nc3ccc(N4CCC[C@@]5(CCO5)C4)cc3)n2)cc1.Nc1ccc(N2CCC[C@@]3(CCO3)C2)cc1. The molecule has 2 spiro atoms. The molecule has 4 aromatic carbocycles. The highest BCUT2D eigenvalue weighted by molar-refractivity contribution is 6.28. The van der Waals surface area contributed by atoms with E-state index in [4.69, 9.17) is 37.3 Å². The molecule has 0 unspecified atom stereocenters. The summed E-state index contributed by atoms with van der Waals surface area (Å²) < 4.78 is 11.7. The molecule has 10 rings (SSSR count). The van der Waals surface area contributed by atoms with Crippen LogP contribution in [0.4, 0.5) is 28.7 Å². The molecule has 69 heavy (non-hydrogen) atoms. The van der Waals surface area contributed by atoms with Gasteiger partial charge in [-0.3, -0.25) is 9.59 Å². The van der Waals surface area contributed by atoms with E-state index < -0.39 is 0 Å². The van der Waals surface area contributed by atoms with Crippen molar-refractivity contribution in [2.45, 2.75) is 75.4 Å². The number of hydrogen-bond donors (Lipinski definition) is 2. The lowest BCUT2D eigenvalue weighted by Gasteiger charge is -2.49. The van der Waals surface area contributed by atoms with Gasteiger partial charge >= 0.3 is 0 Å². The zero-order chi connectivity index (χ0) is 48.1. The first-order valence-electron chi connectivity index (χ1n) is 23.5. The molecule has 4 saturated heterocycles. The number of halogens is 1. The van der Waals surface area contributed by atoms with Crippen molar-refractivity contribution < 1.29 is 19.1 Å². The number of benzene rings is 4. The fourth-order valence-electron chi connectivity index (χ4n) is 8.99. The number of aromatic nitrogens is 4. The average molecular weight is 944 g/mol. The van der Waals surface area contributed by atoms with E-state index in [1.165, 1.54) is 30.6 Å². The van der Waals surface area contributed by atoms with Gasteiger partial charge in [-0.25, -0.2) is 19.9 Å². The van der Waals surface area contributed by atoms with E-state index in [1.807, 2.05) is 42.5 Å². The van der Waals surface area contributed by atoms with Crippen LogP contribution in [0.25, 0.3) is 22.5 Å². The summed E-state index contributed by atoms with van der Waals surface area (Å²) >= 11 is 5.73. The van der Waals surface area contributed by atoms with E-state index in [9.17, 15) is 9.59 Å². The molecule has 14 nitrogen and oxygen atoms in total. The van der Waals surface area contributed by atoms with E-state index in [1.54, 1.807) is 54.9 Å². The Kier molecular flexibility index (Phi) is 15.9. The molecule has 6 heterocycles. The number of nitrogen functional groups attached to an aromatic ring is 1. The number of nitrogens with zero attached hydrogens (tertiary/aromatic N) is 8. The summed E-state index contributed by atoms with van der Waals surface area (Å²) in [7, 11) is 0. The molecule has 0 aliphatic carbocycles. The predicted octanol–water partition coefficient (Wildman–Crippen LogP) is 10.4. The number of nitriles is 2. The van der Waals surface area contributed by atoms with Crippen molar-refractivity contribution in [1.29, 1.82) is 10.5 Å². The minimum absolute atomic E-state index is 0.0264. The van der Waals surface area contributed by atoms with Crippen LogP contribution in [0.1, 0.15) is 84.9 Å². The third kappa shape index (κ3) is 12.7. The number of piperidine rings is 2. The van der Waals surface area contributed by atoms with Crippen molar-refractivity contribution in [2.24, 2.45) is 0 Å². The topological polar surface area (TPSA) is 196 Å². The third-order valence-corrected chi connectivity index (χ3v) is 13.2. The molecule has 4 aliphatic rings. The second kappa shape index (κ2) is 22.7. The van der Waals surface area contributed by atoms with Gasteiger partial charge in [0.25, 0.3) is 0 Å². The number of nitrogens with one attached hydrogen (secondary N) is 1. The second-order valence-corrected chi connectivity index (χ2v) is 18.0. The van der Waals surface area contributed by atoms with Gasteiger partial charge in [-0.05, 0) is 97.9 Å². The number of ketones is 2. The monoisotopic (exact) mass is 942 g/mol. The maximum Gasteiger partial charge on any atom is 0.227 e. The Labute approximate surface area is 408 Å². The van der Waals surface area contributed by atoms with Gasteiger partial charge in [-0.2, -0.15) is 10.5 Å². The molecule has 0 amide bonds. The minimum Gasteiger partial charge on any atom is -0.399 e. The zero-order valence-corrected chi connectivity index (χ0v) is 39.3. The van der Waals surface area contributed by atoms with Gasteiger partial charge in [0.05, 0.1) is 47.9 Å². The van der Waals surface area contributed by atoms with Crippen LogP contribution >= 0.6 is 11.6 Å². The molecule has 6 aromatic rings. The number of ether oxygens (including phenoxy) is 2. The Hall–Kier alpha value is -7.23. The lowest BCUT2D eigenvalue weighted by molar-refractivity contribution is -0.151. The first-order chi connectivity index (χ1) is 33.6. The van der Waals surface area contributed by atoms with Crippen LogP contribution in [0.3, 0.4) is 0 Å². The van der Waals surface area contributed by atoms with E-state index in [-0.39, 0.29) is 53.7 Å². The lowest BCUT2D eigenvalue weighted by atomic mass is 9.85. The summed E-state index contributed by atoms with van der Waals surface area (Å²) in [6, 6.07) is 38.4. The molecule has 3 N–H and O–H groups in total. The number of nitrogens with two attached hydrogens (primary N) is 1. The van der Waals surface area contributed by atoms with Crippen LogP contribution < -0.4 is 20.9 Å². The number of anilines is 5. The number of hydrogen-bond acceptors (Lipinski definition) is 14. The summed E-state index contributed by atoms with van der Waals surface area (Å²) in [6.45, 7) is 6.03. The Morgan fingerprint density at radius 1 is 0.638 bits per heavy atom. The highest BCUT2D eigenvalue weighted by Gasteiger charge is 2.43. The van der Waals surface area contributed by atoms with Crippen LogP contribution in [-0.2, 0) is 9.47 Å². The highest BCUT2D eigenvalue weighted by Crippen LogP contribution is 2.38. The highest BCUT2D eigenvalue weighted by atomic mass is 35.5. The van der Waals surface area contributed by atoms with Crippen molar-refractivity contribution in [3.63, 3.8) is 0 Å². The first-order valence-corrected chi connectivity index (χ1v) is 23.8. The summed E-state index contributed by atoms with van der Waals surface area (Å²) in [6.07, 6.45) is 11.4. The van der Waals surface area contributed by atoms with Gasteiger partial charge in [0.2, 0.25) is 11.2 Å². The van der Waals surface area contributed by atoms with E-state index >= 15 is 0 Å². The van der Waals surface area contributed by atoms with Crippen molar-refractivity contribution in [2.75, 3.05) is 60.2 Å². The fourth-order valence-corrected chi connectivity index (χ4v) is 9.14. The summed E-state index contributed by atoms with van der Waals surface area (Å²) in [5.41, 5.74) is 14.6. The quantitative estimate of drug-likeness (QED) is 0.0668. The van der Waals surface area contributed by atoms with Crippen molar-refractivity contribution >= 4 is 51.9 Å². The standard InChI is InChI=1S/C27H27N5O2.C14H10ClN3O.C13H18N2O/c28-15-1-3-25(33)21-6-4-20(5-7-21)24-12-16-29-26(31-24)30-22-8-10-23(11-9-22)32-17-2-13-27(19-32)14-18-34-27;15-14-17-9-7-12(18-14)10-3-5-11(6-4-10)13(19)2-1-8-16;14-11-2-4-12(5-3-11)15-8-1-6-13(10-15)7-9-16-13/h4-12,16H,1-3,13-14,17-19H2,(H,29,30,31);3-7,9H,1-2H2;2-5H,1,6-10,14H2/t27-;;13-/m1.1/s1. The number of carbonyl (C=O) groups is 2. The Balaban J connectivity index is 0.000000154. The molecule has 4 fully saturated rings. The third-order valence-electron chi connectivity index (χ3n) is 13.0. The van der Waals surface area contributed by atoms with Crippen molar-refractivity contribution in [3.8, 4) is 34.7 Å².